The molecule has 5 nitrogen and oxygen atoms in total. The third-order valence-corrected chi connectivity index (χ3v) is 8.32. The standard InChI is InChI=1S/C32H35N3O2/c36-31(34-17-4-5-18-34)26-10-8-25(9-11-26)27-12-13-30-28(22-27)14-21-35(32(30)37)29-15-19-33(20-16-29)23-24-6-2-1-3-7-24/h1-3,6-13,22,29H,4-5,14-21,23H2. The fourth-order valence-corrected chi connectivity index (χ4v) is 6.17. The van der Waals surface area contributed by atoms with E-state index in [2.05, 4.69) is 52.3 Å². The lowest BCUT2D eigenvalue weighted by Gasteiger charge is -2.40. The van der Waals surface area contributed by atoms with Crippen LogP contribution in [-0.4, -0.2) is 65.3 Å². The van der Waals surface area contributed by atoms with E-state index in [-0.39, 0.29) is 11.8 Å². The number of fused-ring (bicyclic) bond motifs is 1. The van der Waals surface area contributed by atoms with E-state index in [1.807, 2.05) is 35.2 Å². The molecule has 5 heteroatoms. The molecule has 3 aliphatic rings. The molecule has 0 bridgehead atoms. The lowest BCUT2D eigenvalue weighted by atomic mass is 9.91. The van der Waals surface area contributed by atoms with Gasteiger partial charge in [0.15, 0.2) is 0 Å². The van der Waals surface area contributed by atoms with Crippen molar-refractivity contribution in [1.29, 1.82) is 0 Å². The van der Waals surface area contributed by atoms with E-state index in [0.29, 0.717) is 6.04 Å². The van der Waals surface area contributed by atoms with E-state index in [1.165, 1.54) is 5.56 Å². The third-order valence-electron chi connectivity index (χ3n) is 8.32. The van der Waals surface area contributed by atoms with Gasteiger partial charge in [-0.25, -0.2) is 0 Å². The number of amides is 2. The first-order chi connectivity index (χ1) is 18.2. The Morgan fingerprint density at radius 2 is 1.49 bits per heavy atom. The Hall–Kier alpha value is -3.44. The minimum absolute atomic E-state index is 0.131. The van der Waals surface area contributed by atoms with Gasteiger partial charge in [0.2, 0.25) is 0 Å². The van der Waals surface area contributed by atoms with Crippen LogP contribution in [-0.2, 0) is 13.0 Å². The quantitative estimate of drug-likeness (QED) is 0.488. The van der Waals surface area contributed by atoms with Crippen LogP contribution >= 0.6 is 0 Å². The predicted octanol–water partition coefficient (Wildman–Crippen LogP) is 5.25. The molecule has 0 atom stereocenters. The van der Waals surface area contributed by atoms with Crippen LogP contribution in [0.25, 0.3) is 11.1 Å². The fraction of sp³-hybridized carbons (Fsp3) is 0.375. The van der Waals surface area contributed by atoms with Gasteiger partial charge in [0, 0.05) is 56.4 Å². The van der Waals surface area contributed by atoms with Crippen LogP contribution in [0.4, 0.5) is 0 Å². The summed E-state index contributed by atoms with van der Waals surface area (Å²) < 4.78 is 0. The summed E-state index contributed by atoms with van der Waals surface area (Å²) in [4.78, 5) is 32.7. The number of carbonyl (C=O) groups excluding carboxylic acids is 2. The Morgan fingerprint density at radius 3 is 2.22 bits per heavy atom. The van der Waals surface area contributed by atoms with Crippen LogP contribution in [0.15, 0.2) is 72.8 Å². The molecule has 3 aromatic carbocycles. The van der Waals surface area contributed by atoms with Gasteiger partial charge in [-0.05, 0) is 72.6 Å². The Morgan fingerprint density at radius 1 is 0.784 bits per heavy atom. The average molecular weight is 494 g/mol. The van der Waals surface area contributed by atoms with E-state index in [0.717, 1.165) is 99.2 Å². The first kappa shape index (κ1) is 23.9. The first-order valence-electron chi connectivity index (χ1n) is 13.8. The molecule has 0 aliphatic carbocycles. The molecule has 0 N–H and O–H groups in total. The van der Waals surface area contributed by atoms with Gasteiger partial charge in [0.05, 0.1) is 0 Å². The molecule has 0 spiro atoms. The number of benzene rings is 3. The third kappa shape index (κ3) is 5.05. The Labute approximate surface area is 219 Å². The van der Waals surface area contributed by atoms with Crippen molar-refractivity contribution in [2.45, 2.75) is 44.7 Å². The Balaban J connectivity index is 1.09. The second kappa shape index (κ2) is 10.5. The van der Waals surface area contributed by atoms with E-state index < -0.39 is 0 Å². The molecule has 0 radical (unpaired) electrons. The Kier molecular flexibility index (Phi) is 6.79. The van der Waals surface area contributed by atoms with Crippen LogP contribution in [0.5, 0.6) is 0 Å². The van der Waals surface area contributed by atoms with Gasteiger partial charge in [-0.15, -0.1) is 0 Å². The number of carbonyl (C=O) groups is 2. The summed E-state index contributed by atoms with van der Waals surface area (Å²) in [5.41, 5.74) is 6.28. The maximum Gasteiger partial charge on any atom is 0.254 e. The van der Waals surface area contributed by atoms with E-state index >= 15 is 0 Å². The van der Waals surface area contributed by atoms with Crippen molar-refractivity contribution >= 4 is 11.8 Å². The molecule has 0 saturated carbocycles. The largest absolute Gasteiger partial charge is 0.339 e. The molecular weight excluding hydrogens is 458 g/mol. The topological polar surface area (TPSA) is 43.9 Å². The van der Waals surface area contributed by atoms with Crippen LogP contribution in [0.1, 0.15) is 57.5 Å². The van der Waals surface area contributed by atoms with Gasteiger partial charge in [-0.3, -0.25) is 14.5 Å². The second-order valence-electron chi connectivity index (χ2n) is 10.7. The van der Waals surface area contributed by atoms with Gasteiger partial charge < -0.3 is 9.80 Å². The molecule has 3 aromatic rings. The number of likely N-dealkylation sites (tertiary alicyclic amines) is 2. The summed E-state index contributed by atoms with van der Waals surface area (Å²) in [6.45, 7) is 5.58. The monoisotopic (exact) mass is 493 g/mol. The highest BCUT2D eigenvalue weighted by molar-refractivity contribution is 5.98. The van der Waals surface area contributed by atoms with Crippen LogP contribution in [0.3, 0.4) is 0 Å². The molecular formula is C32H35N3O2. The minimum atomic E-state index is 0.131. The zero-order valence-electron chi connectivity index (χ0n) is 21.4. The lowest BCUT2D eigenvalue weighted by molar-refractivity contribution is 0.0546. The van der Waals surface area contributed by atoms with Crippen LogP contribution < -0.4 is 0 Å². The number of rotatable bonds is 5. The minimum Gasteiger partial charge on any atom is -0.339 e. The van der Waals surface area contributed by atoms with Gasteiger partial charge in [0.25, 0.3) is 11.8 Å². The smallest absolute Gasteiger partial charge is 0.254 e. The number of hydrogen-bond acceptors (Lipinski definition) is 3. The average Bonchev–Trinajstić information content (AvgIpc) is 3.49. The number of hydrogen-bond donors (Lipinski definition) is 0. The SMILES string of the molecule is O=C(c1ccc(-c2ccc3c(c2)CCN(C2CCN(Cc4ccccc4)CC2)C3=O)cc1)N1CCCC1. The highest BCUT2D eigenvalue weighted by Crippen LogP contribution is 2.30. The van der Waals surface area contributed by atoms with Gasteiger partial charge in [0.1, 0.15) is 0 Å². The molecule has 190 valence electrons. The predicted molar refractivity (Wildman–Crippen MR) is 146 cm³/mol. The van der Waals surface area contributed by atoms with Crippen molar-refractivity contribution in [1.82, 2.24) is 14.7 Å². The van der Waals surface area contributed by atoms with E-state index in [1.54, 1.807) is 0 Å². The number of piperidine rings is 1. The van der Waals surface area contributed by atoms with Crippen LogP contribution in [0, 0.1) is 0 Å². The van der Waals surface area contributed by atoms with Gasteiger partial charge >= 0.3 is 0 Å². The molecule has 2 fully saturated rings. The highest BCUT2D eigenvalue weighted by Gasteiger charge is 2.32. The van der Waals surface area contributed by atoms with Crippen molar-refractivity contribution in [3.8, 4) is 11.1 Å². The highest BCUT2D eigenvalue weighted by atomic mass is 16.2. The van der Waals surface area contributed by atoms with E-state index in [4.69, 9.17) is 0 Å². The second-order valence-corrected chi connectivity index (χ2v) is 10.7. The maximum atomic E-state index is 13.5. The van der Waals surface area contributed by atoms with Crippen molar-refractivity contribution < 1.29 is 9.59 Å². The molecule has 2 amide bonds. The fourth-order valence-electron chi connectivity index (χ4n) is 6.17. The normalized spacial score (nSPS) is 18.8. The molecule has 3 aliphatic heterocycles. The molecule has 3 heterocycles. The summed E-state index contributed by atoms with van der Waals surface area (Å²) in [5, 5.41) is 0. The van der Waals surface area contributed by atoms with E-state index in [9.17, 15) is 9.59 Å². The van der Waals surface area contributed by atoms with Crippen molar-refractivity contribution in [3.63, 3.8) is 0 Å². The summed E-state index contributed by atoms with van der Waals surface area (Å²) in [7, 11) is 0. The zero-order chi connectivity index (χ0) is 25.2. The van der Waals surface area contributed by atoms with Crippen molar-refractivity contribution in [2.24, 2.45) is 0 Å². The molecule has 6 rings (SSSR count). The lowest BCUT2D eigenvalue weighted by Crippen LogP contribution is -2.49. The van der Waals surface area contributed by atoms with Crippen molar-refractivity contribution in [2.75, 3.05) is 32.7 Å². The summed E-state index contributed by atoms with van der Waals surface area (Å²) in [6.07, 6.45) is 5.17. The van der Waals surface area contributed by atoms with Crippen molar-refractivity contribution in [3.05, 3.63) is 95.1 Å². The molecule has 37 heavy (non-hydrogen) atoms. The summed E-state index contributed by atoms with van der Waals surface area (Å²) in [5.74, 6) is 0.312. The summed E-state index contributed by atoms with van der Waals surface area (Å²) in [6, 6.07) is 25.1. The van der Waals surface area contributed by atoms with Gasteiger partial charge in [-0.1, -0.05) is 54.6 Å². The van der Waals surface area contributed by atoms with Crippen LogP contribution in [0.2, 0.25) is 0 Å². The molecule has 2 saturated heterocycles. The summed E-state index contributed by atoms with van der Waals surface area (Å²) >= 11 is 0. The number of nitrogens with zero attached hydrogens (tertiary/aromatic N) is 3. The first-order valence-corrected chi connectivity index (χ1v) is 13.8. The zero-order valence-corrected chi connectivity index (χ0v) is 21.4. The maximum absolute atomic E-state index is 13.5. The Bertz CT molecular complexity index is 1260. The van der Waals surface area contributed by atoms with Gasteiger partial charge in [-0.2, -0.15) is 0 Å². The molecule has 0 aromatic heterocycles. The molecule has 0 unspecified atom stereocenters.